The predicted molar refractivity (Wildman–Crippen MR) is 162 cm³/mol. The fourth-order valence-electron chi connectivity index (χ4n) is 4.67. The number of hydrogen-bond donors (Lipinski definition) is 3. The SMILES string of the molecule is Cc1nc2c(CS3(#N)CCN(/C(C=N)=C(\OCC4(C)CC4)C(=O)Nc4cccc(Cl)c4)CC3)c(N)ccc2s1. The van der Waals surface area contributed by atoms with Gasteiger partial charge in [0.1, 0.15) is 5.70 Å². The van der Waals surface area contributed by atoms with Crippen molar-refractivity contribution in [3.05, 3.63) is 63.4 Å². The molecule has 206 valence electrons. The Bertz CT molecular complexity index is 1570. The van der Waals surface area contributed by atoms with Crippen LogP contribution in [0.25, 0.3) is 10.2 Å². The monoisotopic (exact) mass is 584 g/mol. The van der Waals surface area contributed by atoms with E-state index in [4.69, 9.17) is 27.5 Å². The van der Waals surface area contributed by atoms with Crippen LogP contribution < -0.4 is 11.1 Å². The average molecular weight is 585 g/mol. The summed E-state index contributed by atoms with van der Waals surface area (Å²) in [5.41, 5.74) is 9.80. The Hall–Kier alpha value is -3.04. The van der Waals surface area contributed by atoms with Crippen molar-refractivity contribution >= 4 is 66.3 Å². The van der Waals surface area contributed by atoms with E-state index in [-0.39, 0.29) is 11.2 Å². The molecule has 2 aromatic carbocycles. The van der Waals surface area contributed by atoms with Crippen molar-refractivity contribution in [2.45, 2.75) is 32.4 Å². The number of amides is 1. The van der Waals surface area contributed by atoms with Gasteiger partial charge in [-0.25, -0.2) is 9.59 Å². The summed E-state index contributed by atoms with van der Waals surface area (Å²) in [6.07, 6.45) is 3.27. The number of nitrogen functional groups attached to an aromatic ring is 1. The number of thiazole rings is 1. The maximum absolute atomic E-state index is 13.4. The molecule has 39 heavy (non-hydrogen) atoms. The van der Waals surface area contributed by atoms with Gasteiger partial charge < -0.3 is 26.1 Å². The predicted octanol–water partition coefficient (Wildman–Crippen LogP) is 6.26. The number of fused-ring (bicyclic) bond motifs is 1. The Kier molecular flexibility index (Phi) is 7.66. The van der Waals surface area contributed by atoms with Crippen LogP contribution in [0.4, 0.5) is 11.4 Å². The van der Waals surface area contributed by atoms with Gasteiger partial charge in [-0.3, -0.25) is 4.79 Å². The lowest BCUT2D eigenvalue weighted by atomic mass is 10.2. The number of aryl methyl sites for hydroxylation is 1. The van der Waals surface area contributed by atoms with Crippen LogP contribution in [0.3, 0.4) is 0 Å². The van der Waals surface area contributed by atoms with E-state index in [9.17, 15) is 9.40 Å². The van der Waals surface area contributed by atoms with Gasteiger partial charge in [0.2, 0.25) is 5.76 Å². The van der Waals surface area contributed by atoms with Crippen molar-refractivity contribution in [3.63, 3.8) is 0 Å². The van der Waals surface area contributed by atoms with Crippen molar-refractivity contribution in [1.82, 2.24) is 9.88 Å². The van der Waals surface area contributed by atoms with Crippen molar-refractivity contribution < 1.29 is 9.53 Å². The van der Waals surface area contributed by atoms with Crippen molar-refractivity contribution in [2.75, 3.05) is 42.3 Å². The molecule has 1 aliphatic heterocycles. The van der Waals surface area contributed by atoms with Gasteiger partial charge in [0.15, 0.2) is 0 Å². The highest BCUT2D eigenvalue weighted by molar-refractivity contribution is 8.21. The molecule has 1 saturated heterocycles. The minimum atomic E-state index is -2.01. The number of nitrogens with one attached hydrogen (secondary N) is 2. The molecule has 0 atom stereocenters. The molecule has 2 fully saturated rings. The zero-order valence-electron chi connectivity index (χ0n) is 22.1. The third-order valence-corrected chi connectivity index (χ3v) is 11.3. The fourth-order valence-corrected chi connectivity index (χ4v) is 8.17. The molecule has 0 spiro atoms. The second-order valence-electron chi connectivity index (χ2n) is 10.7. The Morgan fingerprint density at radius 2 is 2.08 bits per heavy atom. The number of aromatic nitrogens is 1. The normalized spacial score (nSPS) is 18.4. The Labute approximate surface area is 238 Å². The number of rotatable bonds is 8. The quantitative estimate of drug-likeness (QED) is 0.124. The number of nitrogens with two attached hydrogens (primary N) is 1. The first-order valence-corrected chi connectivity index (χ1v) is 16.2. The standard InChI is InChI=1S/C28H33ClN6O2S2/c1-18-33-25-21(22(31)6-7-24(25)38-18)16-39(32)12-10-35(11-13-39)23(15-30)26(37-17-28(2)8-9-28)27(36)34-20-5-3-4-19(29)14-20/h3-7,14-15,30H,8-13,16-17,31H2,1-2H3,(H,34,36)/b26-23-,30-15?. The average Bonchev–Trinajstić information content (AvgIpc) is 3.50. The van der Waals surface area contributed by atoms with Crippen LogP contribution in [0.5, 0.6) is 0 Å². The lowest BCUT2D eigenvalue weighted by Gasteiger charge is -2.35. The number of halogens is 1. The molecule has 1 amide bonds. The van der Waals surface area contributed by atoms with Crippen LogP contribution in [-0.2, 0) is 15.3 Å². The minimum absolute atomic E-state index is 0.0516. The van der Waals surface area contributed by atoms with E-state index >= 15 is 0 Å². The number of anilines is 2. The van der Waals surface area contributed by atoms with E-state index in [0.29, 0.717) is 59.0 Å². The Balaban J connectivity index is 1.36. The molecular formula is C28H33ClN6O2S2. The first-order valence-electron chi connectivity index (χ1n) is 12.9. The summed E-state index contributed by atoms with van der Waals surface area (Å²) in [4.78, 5) is 20.0. The van der Waals surface area contributed by atoms with Crippen molar-refractivity contribution in [2.24, 2.45) is 5.41 Å². The summed E-state index contributed by atoms with van der Waals surface area (Å²) in [5.74, 6) is 1.24. The first kappa shape index (κ1) is 27.5. The van der Waals surface area contributed by atoms with E-state index in [2.05, 4.69) is 17.2 Å². The number of allylic oxidation sites excluding steroid dienone is 1. The molecule has 0 bridgehead atoms. The fraction of sp³-hybridized carbons (Fsp3) is 0.393. The van der Waals surface area contributed by atoms with Crippen LogP contribution in [0.15, 0.2) is 47.9 Å². The highest BCUT2D eigenvalue weighted by atomic mass is 35.5. The molecule has 0 unspecified atom stereocenters. The zero-order valence-corrected chi connectivity index (χ0v) is 24.5. The molecule has 0 radical (unpaired) electrons. The van der Waals surface area contributed by atoms with Crippen LogP contribution in [-0.4, -0.2) is 53.2 Å². The van der Waals surface area contributed by atoms with Crippen LogP contribution >= 0.6 is 32.6 Å². The second kappa shape index (κ2) is 10.8. The maximum atomic E-state index is 13.4. The first-order chi connectivity index (χ1) is 18.6. The van der Waals surface area contributed by atoms with Gasteiger partial charge >= 0.3 is 0 Å². The van der Waals surface area contributed by atoms with Gasteiger partial charge in [0, 0.05) is 63.9 Å². The summed E-state index contributed by atoms with van der Waals surface area (Å²) >= 11 is 7.73. The third-order valence-electron chi connectivity index (χ3n) is 7.37. The summed E-state index contributed by atoms with van der Waals surface area (Å²) in [7, 11) is -2.01. The second-order valence-corrected chi connectivity index (χ2v) is 15.5. The highest BCUT2D eigenvalue weighted by Crippen LogP contribution is 2.46. The summed E-state index contributed by atoms with van der Waals surface area (Å²) in [5, 5.41) is 12.5. The smallest absolute Gasteiger partial charge is 0.293 e. The van der Waals surface area contributed by atoms with E-state index in [1.54, 1.807) is 35.6 Å². The Morgan fingerprint density at radius 1 is 1.33 bits per heavy atom. The molecular weight excluding hydrogens is 552 g/mol. The minimum Gasteiger partial charge on any atom is -0.486 e. The largest absolute Gasteiger partial charge is 0.486 e. The van der Waals surface area contributed by atoms with Crippen LogP contribution in [0, 0.1) is 22.4 Å². The van der Waals surface area contributed by atoms with Gasteiger partial charge in [-0.2, -0.15) is 0 Å². The molecule has 1 aliphatic carbocycles. The zero-order chi connectivity index (χ0) is 27.8. The van der Waals surface area contributed by atoms with Gasteiger partial charge in [0.05, 0.1) is 21.8 Å². The number of benzene rings is 2. The van der Waals surface area contributed by atoms with Gasteiger partial charge in [0.25, 0.3) is 5.91 Å². The third kappa shape index (κ3) is 6.25. The van der Waals surface area contributed by atoms with E-state index in [1.165, 1.54) is 6.21 Å². The van der Waals surface area contributed by atoms with Gasteiger partial charge in [-0.15, -0.1) is 11.3 Å². The summed E-state index contributed by atoms with van der Waals surface area (Å²) in [6.45, 7) is 5.50. The molecule has 3 aromatic rings. The van der Waals surface area contributed by atoms with Gasteiger partial charge in [-0.05, 0) is 50.1 Å². The summed E-state index contributed by atoms with van der Waals surface area (Å²) < 4.78 is 18.8. The topological polar surface area (TPSA) is 128 Å². The van der Waals surface area contributed by atoms with Crippen molar-refractivity contribution in [3.8, 4) is 0 Å². The number of carbonyl (C=O) groups excluding carboxylic acids is 1. The lowest BCUT2D eigenvalue weighted by molar-refractivity contribution is -0.116. The molecule has 8 nitrogen and oxygen atoms in total. The summed E-state index contributed by atoms with van der Waals surface area (Å²) in [6, 6.07) is 10.8. The maximum Gasteiger partial charge on any atom is 0.293 e. The number of hydrogen-bond acceptors (Lipinski definition) is 8. The molecule has 2 heterocycles. The highest BCUT2D eigenvalue weighted by Gasteiger charge is 2.39. The van der Waals surface area contributed by atoms with E-state index in [0.717, 1.165) is 33.6 Å². The molecule has 1 saturated carbocycles. The van der Waals surface area contributed by atoms with Gasteiger partial charge in [-0.1, -0.05) is 34.2 Å². The van der Waals surface area contributed by atoms with Crippen LogP contribution in [0.1, 0.15) is 30.3 Å². The van der Waals surface area contributed by atoms with Crippen molar-refractivity contribution in [1.29, 1.82) is 10.0 Å². The molecule has 5 rings (SSSR count). The number of nitrogens with zero attached hydrogens (tertiary/aromatic N) is 3. The number of carbonyl (C=O) groups is 1. The van der Waals surface area contributed by atoms with E-state index in [1.807, 2.05) is 24.0 Å². The van der Waals surface area contributed by atoms with Crippen LogP contribution in [0.2, 0.25) is 5.02 Å². The molecule has 11 heteroatoms. The molecule has 2 aliphatic rings. The lowest BCUT2D eigenvalue weighted by Crippen LogP contribution is -2.38. The molecule has 1 aromatic heterocycles. The van der Waals surface area contributed by atoms with E-state index < -0.39 is 15.6 Å². The number of ether oxygens (including phenoxy) is 1. The Morgan fingerprint density at radius 3 is 2.74 bits per heavy atom. The molecule has 4 N–H and O–H groups in total.